The van der Waals surface area contributed by atoms with Crippen LogP contribution in [0.1, 0.15) is 31.2 Å². The van der Waals surface area contributed by atoms with Crippen molar-refractivity contribution in [3.63, 3.8) is 0 Å². The van der Waals surface area contributed by atoms with Crippen LogP contribution < -0.4 is 5.73 Å². The molecular formula is C17H26N2O. The Kier molecular flexibility index (Phi) is 4.71. The summed E-state index contributed by atoms with van der Waals surface area (Å²) in [7, 11) is 0. The van der Waals surface area contributed by atoms with E-state index in [9.17, 15) is 0 Å². The third-order valence-electron chi connectivity index (χ3n) is 4.83. The van der Waals surface area contributed by atoms with Crippen molar-refractivity contribution in [3.05, 3.63) is 35.9 Å². The molecule has 0 amide bonds. The summed E-state index contributed by atoms with van der Waals surface area (Å²) in [5.41, 5.74) is 7.48. The molecule has 1 aromatic rings. The van der Waals surface area contributed by atoms with Crippen LogP contribution in [0.3, 0.4) is 0 Å². The highest BCUT2D eigenvalue weighted by atomic mass is 16.5. The predicted octanol–water partition coefficient (Wildman–Crippen LogP) is 2.20. The molecule has 0 spiro atoms. The average molecular weight is 274 g/mol. The van der Waals surface area contributed by atoms with Gasteiger partial charge in [0, 0.05) is 25.2 Å². The van der Waals surface area contributed by atoms with Gasteiger partial charge in [-0.3, -0.25) is 4.90 Å². The van der Waals surface area contributed by atoms with Gasteiger partial charge in [-0.2, -0.15) is 0 Å². The Hall–Kier alpha value is -0.900. The molecule has 3 heteroatoms. The normalized spacial score (nSPS) is 28.9. The number of morpholine rings is 1. The van der Waals surface area contributed by atoms with Crippen molar-refractivity contribution >= 4 is 0 Å². The van der Waals surface area contributed by atoms with Crippen LogP contribution in [0.4, 0.5) is 0 Å². The van der Waals surface area contributed by atoms with E-state index in [-0.39, 0.29) is 0 Å². The van der Waals surface area contributed by atoms with Gasteiger partial charge in [0.15, 0.2) is 0 Å². The van der Waals surface area contributed by atoms with Gasteiger partial charge in [-0.25, -0.2) is 0 Å². The van der Waals surface area contributed by atoms with Crippen LogP contribution in [0.15, 0.2) is 30.3 Å². The summed E-state index contributed by atoms with van der Waals surface area (Å²) >= 11 is 0. The van der Waals surface area contributed by atoms with Crippen molar-refractivity contribution in [2.45, 2.75) is 50.3 Å². The predicted molar refractivity (Wildman–Crippen MR) is 81.7 cm³/mol. The van der Waals surface area contributed by atoms with Crippen LogP contribution in [0.25, 0.3) is 0 Å². The number of hydrogen-bond acceptors (Lipinski definition) is 3. The highest BCUT2D eigenvalue weighted by Crippen LogP contribution is 2.30. The lowest BCUT2D eigenvalue weighted by atomic mass is 9.88. The second-order valence-electron chi connectivity index (χ2n) is 6.08. The molecule has 1 aliphatic carbocycles. The second kappa shape index (κ2) is 6.70. The molecule has 2 aliphatic rings. The summed E-state index contributed by atoms with van der Waals surface area (Å²) < 4.78 is 5.97. The van der Waals surface area contributed by atoms with E-state index in [1.54, 1.807) is 0 Å². The average Bonchev–Trinajstić information content (AvgIpc) is 2.53. The van der Waals surface area contributed by atoms with E-state index in [4.69, 9.17) is 10.5 Å². The van der Waals surface area contributed by atoms with E-state index in [0.29, 0.717) is 18.2 Å². The third kappa shape index (κ3) is 3.05. The van der Waals surface area contributed by atoms with Crippen molar-refractivity contribution in [1.29, 1.82) is 0 Å². The zero-order chi connectivity index (χ0) is 13.8. The summed E-state index contributed by atoms with van der Waals surface area (Å²) in [6.07, 6.45) is 6.66. The minimum Gasteiger partial charge on any atom is -0.375 e. The van der Waals surface area contributed by atoms with E-state index in [1.165, 1.54) is 31.2 Å². The van der Waals surface area contributed by atoms with Crippen LogP contribution in [0.2, 0.25) is 0 Å². The smallest absolute Gasteiger partial charge is 0.0731 e. The Morgan fingerprint density at radius 3 is 2.80 bits per heavy atom. The van der Waals surface area contributed by atoms with Crippen LogP contribution >= 0.6 is 0 Å². The number of ether oxygens (including phenoxy) is 1. The molecule has 3 unspecified atom stereocenters. The van der Waals surface area contributed by atoms with Gasteiger partial charge in [-0.05, 0) is 24.8 Å². The molecule has 1 heterocycles. The van der Waals surface area contributed by atoms with Crippen molar-refractivity contribution in [1.82, 2.24) is 4.90 Å². The number of benzene rings is 1. The fourth-order valence-electron chi connectivity index (χ4n) is 3.80. The number of hydrogen-bond donors (Lipinski definition) is 1. The van der Waals surface area contributed by atoms with Gasteiger partial charge in [0.1, 0.15) is 0 Å². The molecular weight excluding hydrogens is 248 g/mol. The van der Waals surface area contributed by atoms with Gasteiger partial charge in [0.25, 0.3) is 0 Å². The standard InChI is InChI=1S/C17H26N2O/c18-13-15(12-14-6-2-1-3-7-14)19-10-11-20-17-9-5-4-8-16(17)19/h1-3,6-7,15-17H,4-5,8-13,18H2. The molecule has 1 saturated heterocycles. The molecule has 3 nitrogen and oxygen atoms in total. The largest absolute Gasteiger partial charge is 0.375 e. The Balaban J connectivity index is 1.70. The Morgan fingerprint density at radius 2 is 2.00 bits per heavy atom. The SMILES string of the molecule is NCC(Cc1ccccc1)N1CCOC2CCCCC21. The van der Waals surface area contributed by atoms with Gasteiger partial charge in [0.05, 0.1) is 12.7 Å². The maximum Gasteiger partial charge on any atom is 0.0731 e. The molecule has 0 aromatic heterocycles. The number of fused-ring (bicyclic) bond motifs is 1. The fraction of sp³-hybridized carbons (Fsp3) is 0.647. The van der Waals surface area contributed by atoms with Crippen LogP contribution in [-0.4, -0.2) is 42.8 Å². The second-order valence-corrected chi connectivity index (χ2v) is 6.08. The van der Waals surface area contributed by atoms with E-state index in [2.05, 4.69) is 35.2 Å². The summed E-state index contributed by atoms with van der Waals surface area (Å²) in [5, 5.41) is 0. The van der Waals surface area contributed by atoms with E-state index < -0.39 is 0 Å². The molecule has 3 atom stereocenters. The maximum absolute atomic E-state index is 6.09. The molecule has 3 rings (SSSR count). The summed E-state index contributed by atoms with van der Waals surface area (Å²) in [6.45, 7) is 2.64. The first kappa shape index (κ1) is 14.1. The lowest BCUT2D eigenvalue weighted by molar-refractivity contribution is -0.101. The molecule has 2 N–H and O–H groups in total. The monoisotopic (exact) mass is 274 g/mol. The highest BCUT2D eigenvalue weighted by molar-refractivity contribution is 5.16. The van der Waals surface area contributed by atoms with Crippen molar-refractivity contribution in [3.8, 4) is 0 Å². The van der Waals surface area contributed by atoms with Crippen LogP contribution in [-0.2, 0) is 11.2 Å². The van der Waals surface area contributed by atoms with Gasteiger partial charge in [0.2, 0.25) is 0 Å². The first-order valence-electron chi connectivity index (χ1n) is 8.00. The minimum atomic E-state index is 0.447. The van der Waals surface area contributed by atoms with Gasteiger partial charge in [-0.15, -0.1) is 0 Å². The van der Waals surface area contributed by atoms with E-state index >= 15 is 0 Å². The topological polar surface area (TPSA) is 38.5 Å². The molecule has 2 fully saturated rings. The zero-order valence-corrected chi connectivity index (χ0v) is 12.2. The minimum absolute atomic E-state index is 0.447. The Morgan fingerprint density at radius 1 is 1.20 bits per heavy atom. The van der Waals surface area contributed by atoms with E-state index in [0.717, 1.165) is 26.1 Å². The molecule has 1 aliphatic heterocycles. The van der Waals surface area contributed by atoms with Crippen molar-refractivity contribution in [2.24, 2.45) is 5.73 Å². The maximum atomic E-state index is 6.09. The first-order valence-corrected chi connectivity index (χ1v) is 8.00. The molecule has 20 heavy (non-hydrogen) atoms. The highest BCUT2D eigenvalue weighted by Gasteiger charge is 2.37. The number of rotatable bonds is 4. The molecule has 0 radical (unpaired) electrons. The fourth-order valence-corrected chi connectivity index (χ4v) is 3.80. The molecule has 1 saturated carbocycles. The number of nitrogens with zero attached hydrogens (tertiary/aromatic N) is 1. The first-order chi connectivity index (χ1) is 9.88. The quantitative estimate of drug-likeness (QED) is 0.915. The summed E-state index contributed by atoms with van der Waals surface area (Å²) in [6, 6.07) is 11.8. The Labute approximate surface area is 122 Å². The molecule has 1 aromatic carbocycles. The molecule has 110 valence electrons. The summed E-state index contributed by atoms with van der Waals surface area (Å²) in [4.78, 5) is 2.64. The van der Waals surface area contributed by atoms with Crippen LogP contribution in [0, 0.1) is 0 Å². The third-order valence-corrected chi connectivity index (χ3v) is 4.83. The zero-order valence-electron chi connectivity index (χ0n) is 12.2. The van der Waals surface area contributed by atoms with Gasteiger partial charge >= 0.3 is 0 Å². The lowest BCUT2D eigenvalue weighted by Crippen LogP contribution is -2.58. The lowest BCUT2D eigenvalue weighted by Gasteiger charge is -2.47. The van der Waals surface area contributed by atoms with Crippen molar-refractivity contribution < 1.29 is 4.74 Å². The van der Waals surface area contributed by atoms with Gasteiger partial charge < -0.3 is 10.5 Å². The molecule has 0 bridgehead atoms. The summed E-state index contributed by atoms with van der Waals surface area (Å²) in [5.74, 6) is 0. The van der Waals surface area contributed by atoms with Crippen LogP contribution in [0.5, 0.6) is 0 Å². The van der Waals surface area contributed by atoms with Gasteiger partial charge in [-0.1, -0.05) is 43.2 Å². The number of nitrogens with two attached hydrogens (primary N) is 1. The van der Waals surface area contributed by atoms with E-state index in [1.807, 2.05) is 0 Å². The Bertz CT molecular complexity index is 407. The van der Waals surface area contributed by atoms with Crippen molar-refractivity contribution in [2.75, 3.05) is 19.7 Å².